The first-order valence-electron chi connectivity index (χ1n) is 6.19. The molecule has 0 spiro atoms. The number of H-pyrrole nitrogens is 1. The number of aromatic nitrogens is 1. The molecule has 3 N–H and O–H groups in total. The summed E-state index contributed by atoms with van der Waals surface area (Å²) in [6.45, 7) is 2.71. The smallest absolute Gasteiger partial charge is 0.408 e. The van der Waals surface area contributed by atoms with E-state index in [2.05, 4.69) is 16.9 Å². The summed E-state index contributed by atoms with van der Waals surface area (Å²) < 4.78 is 5.04. The van der Waals surface area contributed by atoms with Gasteiger partial charge in [0.15, 0.2) is 5.58 Å². The third kappa shape index (κ3) is 3.21. The van der Waals surface area contributed by atoms with E-state index < -0.39 is 5.76 Å². The van der Waals surface area contributed by atoms with E-state index in [1.165, 1.54) is 5.56 Å². The zero-order valence-electron chi connectivity index (χ0n) is 10.6. The summed E-state index contributed by atoms with van der Waals surface area (Å²) in [6, 6.07) is 5.82. The van der Waals surface area contributed by atoms with Crippen LogP contribution in [0, 0.1) is 0 Å². The van der Waals surface area contributed by atoms with Gasteiger partial charge in [0.25, 0.3) is 0 Å². The average Bonchev–Trinajstić information content (AvgIpc) is 2.73. The number of fused-ring (bicyclic) bond motifs is 1. The lowest BCUT2D eigenvalue weighted by Gasteiger charge is -2.15. The number of rotatable bonds is 6. The molecule has 1 aromatic carbocycles. The van der Waals surface area contributed by atoms with Crippen LogP contribution in [0.5, 0.6) is 0 Å². The zero-order valence-corrected chi connectivity index (χ0v) is 10.6. The van der Waals surface area contributed by atoms with E-state index in [4.69, 9.17) is 10.2 Å². The lowest BCUT2D eigenvalue weighted by atomic mass is 10.1. The van der Waals surface area contributed by atoms with Crippen LogP contribution in [-0.4, -0.2) is 36.6 Å². The Balaban J connectivity index is 1.97. The molecule has 2 rings (SSSR count). The number of nitrogens with two attached hydrogens (primary N) is 1. The second-order valence-corrected chi connectivity index (χ2v) is 4.54. The Morgan fingerprint density at radius 2 is 2.22 bits per heavy atom. The highest BCUT2D eigenvalue weighted by molar-refractivity contribution is 5.72. The van der Waals surface area contributed by atoms with Crippen molar-refractivity contribution < 1.29 is 4.42 Å². The Morgan fingerprint density at radius 1 is 1.39 bits per heavy atom. The van der Waals surface area contributed by atoms with Crippen molar-refractivity contribution in [2.75, 3.05) is 26.7 Å². The van der Waals surface area contributed by atoms with Gasteiger partial charge in [0, 0.05) is 6.54 Å². The normalized spacial score (nSPS) is 11.5. The molecule has 2 aromatic rings. The summed E-state index contributed by atoms with van der Waals surface area (Å²) in [6.07, 6.45) is 1.95. The molecule has 0 amide bonds. The Bertz CT molecular complexity index is 559. The monoisotopic (exact) mass is 249 g/mol. The van der Waals surface area contributed by atoms with Gasteiger partial charge in [-0.3, -0.25) is 4.98 Å². The van der Waals surface area contributed by atoms with Gasteiger partial charge in [-0.2, -0.15) is 0 Å². The number of likely N-dealkylation sites (N-methyl/N-ethyl adjacent to an activating group) is 1. The molecule has 0 saturated heterocycles. The summed E-state index contributed by atoms with van der Waals surface area (Å²) in [4.78, 5) is 15.9. The summed E-state index contributed by atoms with van der Waals surface area (Å²) in [5.41, 5.74) is 8.02. The van der Waals surface area contributed by atoms with E-state index in [0.717, 1.165) is 38.0 Å². The molecule has 5 heteroatoms. The molecule has 5 nitrogen and oxygen atoms in total. The van der Waals surface area contributed by atoms with Crippen LogP contribution in [0.4, 0.5) is 0 Å². The number of oxazole rings is 1. The van der Waals surface area contributed by atoms with Crippen molar-refractivity contribution in [2.24, 2.45) is 5.73 Å². The Morgan fingerprint density at radius 3 is 3.00 bits per heavy atom. The first-order valence-corrected chi connectivity index (χ1v) is 6.19. The fourth-order valence-electron chi connectivity index (χ4n) is 1.94. The third-order valence-electron chi connectivity index (χ3n) is 3.01. The predicted octanol–water partition coefficient (Wildman–Crippen LogP) is 0.944. The fraction of sp³-hybridized carbons (Fsp3) is 0.462. The van der Waals surface area contributed by atoms with Gasteiger partial charge in [0.05, 0.1) is 5.52 Å². The maximum absolute atomic E-state index is 11.0. The number of nitrogens with one attached hydrogen (secondary N) is 1. The molecule has 0 aliphatic heterocycles. The SMILES string of the molecule is CN(CCCN)CCc1ccc2[nH]c(=O)oc2c1. The first kappa shape index (κ1) is 12.9. The van der Waals surface area contributed by atoms with Crippen LogP contribution in [0.2, 0.25) is 0 Å². The Hall–Kier alpha value is -1.59. The second-order valence-electron chi connectivity index (χ2n) is 4.54. The van der Waals surface area contributed by atoms with Crippen LogP contribution in [0.25, 0.3) is 11.1 Å². The van der Waals surface area contributed by atoms with Gasteiger partial charge in [0.2, 0.25) is 0 Å². The molecule has 0 aliphatic carbocycles. The zero-order chi connectivity index (χ0) is 13.0. The van der Waals surface area contributed by atoms with Crippen LogP contribution in [0.3, 0.4) is 0 Å². The van der Waals surface area contributed by atoms with E-state index in [0.29, 0.717) is 5.58 Å². The lowest BCUT2D eigenvalue weighted by Crippen LogP contribution is -2.24. The van der Waals surface area contributed by atoms with Gasteiger partial charge in [-0.15, -0.1) is 0 Å². The van der Waals surface area contributed by atoms with Crippen molar-refractivity contribution in [1.82, 2.24) is 9.88 Å². The molecule has 1 heterocycles. The van der Waals surface area contributed by atoms with E-state index in [1.54, 1.807) is 0 Å². The second kappa shape index (κ2) is 5.84. The molecule has 0 radical (unpaired) electrons. The van der Waals surface area contributed by atoms with E-state index >= 15 is 0 Å². The molecule has 18 heavy (non-hydrogen) atoms. The molecule has 0 saturated carbocycles. The lowest BCUT2D eigenvalue weighted by molar-refractivity contribution is 0.335. The molecule has 0 bridgehead atoms. The minimum Gasteiger partial charge on any atom is -0.408 e. The van der Waals surface area contributed by atoms with Crippen LogP contribution in [0.15, 0.2) is 27.4 Å². The molecule has 1 aromatic heterocycles. The van der Waals surface area contributed by atoms with Crippen molar-refractivity contribution in [3.63, 3.8) is 0 Å². The molecule has 0 fully saturated rings. The van der Waals surface area contributed by atoms with Crippen molar-refractivity contribution in [3.05, 3.63) is 34.3 Å². The van der Waals surface area contributed by atoms with Crippen LogP contribution < -0.4 is 11.5 Å². The maximum atomic E-state index is 11.0. The van der Waals surface area contributed by atoms with Crippen LogP contribution in [0.1, 0.15) is 12.0 Å². The number of benzene rings is 1. The summed E-state index contributed by atoms with van der Waals surface area (Å²) in [5, 5.41) is 0. The highest BCUT2D eigenvalue weighted by atomic mass is 16.4. The van der Waals surface area contributed by atoms with Crippen LogP contribution in [-0.2, 0) is 6.42 Å². The van der Waals surface area contributed by atoms with Gasteiger partial charge >= 0.3 is 5.76 Å². The van der Waals surface area contributed by atoms with Gasteiger partial charge in [-0.25, -0.2) is 4.79 Å². The van der Waals surface area contributed by atoms with E-state index in [9.17, 15) is 4.79 Å². The quantitative estimate of drug-likeness (QED) is 0.799. The Kier molecular flexibility index (Phi) is 4.17. The van der Waals surface area contributed by atoms with E-state index in [1.807, 2.05) is 18.2 Å². The predicted molar refractivity (Wildman–Crippen MR) is 71.7 cm³/mol. The van der Waals surface area contributed by atoms with Gasteiger partial charge in [0.1, 0.15) is 0 Å². The standard InChI is InChI=1S/C13H19N3O2/c1-16(7-2-6-14)8-5-10-3-4-11-12(9-10)18-13(17)15-11/h3-4,9H,2,5-8,14H2,1H3,(H,15,17). The average molecular weight is 249 g/mol. The van der Waals surface area contributed by atoms with Crippen molar-refractivity contribution in [1.29, 1.82) is 0 Å². The topological polar surface area (TPSA) is 75.3 Å². The number of hydrogen-bond donors (Lipinski definition) is 2. The van der Waals surface area contributed by atoms with Crippen molar-refractivity contribution >= 4 is 11.1 Å². The molecule has 0 atom stereocenters. The number of aromatic amines is 1. The summed E-state index contributed by atoms with van der Waals surface area (Å²) >= 11 is 0. The number of hydrogen-bond acceptors (Lipinski definition) is 4. The highest BCUT2D eigenvalue weighted by Crippen LogP contribution is 2.12. The summed E-state index contributed by atoms with van der Waals surface area (Å²) in [7, 11) is 2.09. The summed E-state index contributed by atoms with van der Waals surface area (Å²) in [5.74, 6) is -0.401. The minimum absolute atomic E-state index is 0.401. The van der Waals surface area contributed by atoms with Gasteiger partial charge in [-0.05, 0) is 50.7 Å². The third-order valence-corrected chi connectivity index (χ3v) is 3.01. The molecule has 0 unspecified atom stereocenters. The highest BCUT2D eigenvalue weighted by Gasteiger charge is 2.03. The fourth-order valence-corrected chi connectivity index (χ4v) is 1.94. The number of nitrogens with zero attached hydrogens (tertiary/aromatic N) is 1. The van der Waals surface area contributed by atoms with Gasteiger partial charge < -0.3 is 15.1 Å². The molecular formula is C13H19N3O2. The Labute approximate surface area is 106 Å². The maximum Gasteiger partial charge on any atom is 0.417 e. The molecular weight excluding hydrogens is 230 g/mol. The first-order chi connectivity index (χ1) is 8.69. The van der Waals surface area contributed by atoms with Crippen molar-refractivity contribution in [3.8, 4) is 0 Å². The van der Waals surface area contributed by atoms with Gasteiger partial charge in [-0.1, -0.05) is 6.07 Å². The largest absolute Gasteiger partial charge is 0.417 e. The molecule has 0 aliphatic rings. The minimum atomic E-state index is -0.401. The molecule has 98 valence electrons. The van der Waals surface area contributed by atoms with Crippen LogP contribution >= 0.6 is 0 Å². The van der Waals surface area contributed by atoms with E-state index in [-0.39, 0.29) is 0 Å². The van der Waals surface area contributed by atoms with Crippen molar-refractivity contribution in [2.45, 2.75) is 12.8 Å².